The summed E-state index contributed by atoms with van der Waals surface area (Å²) in [6.07, 6.45) is 0.766. The molecule has 9 heteroatoms. The Morgan fingerprint density at radius 2 is 1.97 bits per heavy atom. The fourth-order valence-electron chi connectivity index (χ4n) is 3.57. The molecule has 2 aromatic rings. The second-order valence-electron chi connectivity index (χ2n) is 7.54. The van der Waals surface area contributed by atoms with Gasteiger partial charge >= 0.3 is 6.18 Å². The van der Waals surface area contributed by atoms with Crippen LogP contribution in [-0.2, 0) is 11.0 Å². The molecule has 1 aliphatic heterocycles. The first kappa shape index (κ1) is 19.9. The molecule has 0 bridgehead atoms. The number of anilines is 2. The molecule has 1 aliphatic carbocycles. The molecule has 29 heavy (non-hydrogen) atoms. The Bertz CT molecular complexity index is 917. The number of aromatic nitrogens is 2. The first-order valence-corrected chi connectivity index (χ1v) is 9.93. The fourth-order valence-corrected chi connectivity index (χ4v) is 3.73. The molecule has 1 saturated carbocycles. The number of rotatable bonds is 4. The number of piperidine rings is 1. The second kappa shape index (κ2) is 7.82. The number of hydrogen-bond donors (Lipinski definition) is 1. The van der Waals surface area contributed by atoms with E-state index in [4.69, 9.17) is 11.6 Å². The van der Waals surface area contributed by atoms with Crippen molar-refractivity contribution >= 4 is 29.0 Å². The number of carbonyl (C=O) groups is 1. The van der Waals surface area contributed by atoms with E-state index in [9.17, 15) is 18.0 Å². The first-order valence-electron chi connectivity index (χ1n) is 9.56. The lowest BCUT2D eigenvalue weighted by molar-refractivity contribution is -0.137. The molecule has 154 valence electrons. The summed E-state index contributed by atoms with van der Waals surface area (Å²) >= 11 is 6.00. The largest absolute Gasteiger partial charge is 0.416 e. The maximum Gasteiger partial charge on any atom is 0.416 e. The van der Waals surface area contributed by atoms with Crippen molar-refractivity contribution in [1.29, 1.82) is 0 Å². The van der Waals surface area contributed by atoms with Crippen molar-refractivity contribution in [2.24, 2.45) is 5.92 Å². The molecule has 1 N–H and O–H groups in total. The molecule has 1 aromatic carbocycles. The number of halogens is 4. The summed E-state index contributed by atoms with van der Waals surface area (Å²) in [5.74, 6) is 0.585. The van der Waals surface area contributed by atoms with Gasteiger partial charge in [-0.2, -0.15) is 13.2 Å². The van der Waals surface area contributed by atoms with Crippen LogP contribution in [0.5, 0.6) is 0 Å². The van der Waals surface area contributed by atoms with Crippen LogP contribution in [0.4, 0.5) is 24.7 Å². The molecule has 5 nitrogen and oxygen atoms in total. The average molecular weight is 425 g/mol. The Balaban J connectivity index is 1.46. The number of nitrogens with one attached hydrogen (secondary N) is 1. The maximum atomic E-state index is 12.9. The zero-order valence-corrected chi connectivity index (χ0v) is 16.3. The van der Waals surface area contributed by atoms with Crippen molar-refractivity contribution in [1.82, 2.24) is 9.97 Å². The van der Waals surface area contributed by atoms with Crippen LogP contribution in [-0.4, -0.2) is 29.0 Å². The van der Waals surface area contributed by atoms with E-state index in [0.717, 1.165) is 55.5 Å². The van der Waals surface area contributed by atoms with Crippen LogP contribution >= 0.6 is 11.6 Å². The Kier molecular flexibility index (Phi) is 5.38. The number of nitrogens with zero attached hydrogens (tertiary/aromatic N) is 3. The number of alkyl halides is 3. The third-order valence-corrected chi connectivity index (χ3v) is 5.67. The number of hydrogen-bond acceptors (Lipinski definition) is 4. The Morgan fingerprint density at radius 3 is 2.69 bits per heavy atom. The summed E-state index contributed by atoms with van der Waals surface area (Å²) in [6, 6.07) is 4.88. The average Bonchev–Trinajstić information content (AvgIpc) is 3.54. The van der Waals surface area contributed by atoms with Crippen LogP contribution in [0.1, 0.15) is 42.9 Å². The minimum Gasteiger partial charge on any atom is -0.356 e. The normalized spacial score (nSPS) is 19.9. The summed E-state index contributed by atoms with van der Waals surface area (Å²) < 4.78 is 38.8. The van der Waals surface area contributed by atoms with E-state index in [-0.39, 0.29) is 22.5 Å². The van der Waals surface area contributed by atoms with Crippen molar-refractivity contribution in [3.63, 3.8) is 0 Å². The first-order chi connectivity index (χ1) is 13.8. The van der Waals surface area contributed by atoms with Crippen LogP contribution in [0.3, 0.4) is 0 Å². The van der Waals surface area contributed by atoms with Gasteiger partial charge in [0.2, 0.25) is 5.91 Å². The lowest BCUT2D eigenvalue weighted by Gasteiger charge is -2.33. The van der Waals surface area contributed by atoms with E-state index in [2.05, 4.69) is 15.3 Å². The highest BCUT2D eigenvalue weighted by Crippen LogP contribution is 2.40. The molecule has 1 aromatic heterocycles. The summed E-state index contributed by atoms with van der Waals surface area (Å²) in [5.41, 5.74) is 0.148. The van der Waals surface area contributed by atoms with Crippen molar-refractivity contribution in [3.05, 3.63) is 46.9 Å². The lowest BCUT2D eigenvalue weighted by Crippen LogP contribution is -2.41. The van der Waals surface area contributed by atoms with Gasteiger partial charge in [-0.3, -0.25) is 4.79 Å². The van der Waals surface area contributed by atoms with Gasteiger partial charge in [-0.25, -0.2) is 9.97 Å². The van der Waals surface area contributed by atoms with Gasteiger partial charge in [0, 0.05) is 30.8 Å². The molecule has 1 atom stereocenters. The number of benzene rings is 1. The fraction of sp³-hybridized carbons (Fsp3) is 0.450. The van der Waals surface area contributed by atoms with Gasteiger partial charge < -0.3 is 10.2 Å². The molecule has 0 spiro atoms. The van der Waals surface area contributed by atoms with Crippen LogP contribution in [0.15, 0.2) is 30.6 Å². The predicted octanol–water partition coefficient (Wildman–Crippen LogP) is 4.88. The SMILES string of the molecule is O=C(Nc1cc(C(F)(F)F)ccc1Cl)C1CCCN(c2cc(C3CC3)ncn2)C1. The van der Waals surface area contributed by atoms with Gasteiger partial charge in [-0.05, 0) is 43.9 Å². The molecule has 1 saturated heterocycles. The van der Waals surface area contributed by atoms with Crippen LogP contribution in [0, 0.1) is 5.92 Å². The smallest absolute Gasteiger partial charge is 0.356 e. The molecule has 2 fully saturated rings. The monoisotopic (exact) mass is 424 g/mol. The van der Waals surface area contributed by atoms with E-state index < -0.39 is 11.7 Å². The van der Waals surface area contributed by atoms with Crippen LogP contribution < -0.4 is 10.2 Å². The van der Waals surface area contributed by atoms with Crippen molar-refractivity contribution in [2.75, 3.05) is 23.3 Å². The van der Waals surface area contributed by atoms with E-state index in [1.807, 2.05) is 11.0 Å². The maximum absolute atomic E-state index is 12.9. The highest BCUT2D eigenvalue weighted by Gasteiger charge is 2.32. The summed E-state index contributed by atoms with van der Waals surface area (Å²) in [4.78, 5) is 23.4. The van der Waals surface area contributed by atoms with Gasteiger partial charge in [-0.15, -0.1) is 0 Å². The lowest BCUT2D eigenvalue weighted by atomic mass is 9.97. The Hall–Kier alpha value is -2.35. The van der Waals surface area contributed by atoms with Crippen molar-refractivity contribution in [3.8, 4) is 0 Å². The standard InChI is InChI=1S/C20H20ClF3N4O/c21-15-6-5-14(20(22,23)24)8-17(15)27-19(29)13-2-1-7-28(10-13)18-9-16(12-3-4-12)25-11-26-18/h5-6,8-9,11-13H,1-4,7,10H2,(H,27,29). The molecule has 2 heterocycles. The highest BCUT2D eigenvalue weighted by molar-refractivity contribution is 6.33. The summed E-state index contributed by atoms with van der Waals surface area (Å²) in [5, 5.41) is 2.65. The zero-order chi connectivity index (χ0) is 20.6. The zero-order valence-electron chi connectivity index (χ0n) is 15.5. The van der Waals surface area contributed by atoms with Crippen LogP contribution in [0.25, 0.3) is 0 Å². The molecule has 1 unspecified atom stereocenters. The third kappa shape index (κ3) is 4.63. The van der Waals surface area contributed by atoms with Gasteiger partial charge in [0.25, 0.3) is 0 Å². The molecule has 1 amide bonds. The van der Waals surface area contributed by atoms with Gasteiger partial charge in [0.15, 0.2) is 0 Å². The molecular weight excluding hydrogens is 405 g/mol. The molecular formula is C20H20ClF3N4O. The summed E-state index contributed by atoms with van der Waals surface area (Å²) in [7, 11) is 0. The minimum absolute atomic E-state index is 0.0262. The minimum atomic E-state index is -4.50. The second-order valence-corrected chi connectivity index (χ2v) is 7.95. The van der Waals surface area contributed by atoms with Crippen molar-refractivity contribution in [2.45, 2.75) is 37.8 Å². The van der Waals surface area contributed by atoms with Gasteiger partial charge in [-0.1, -0.05) is 11.6 Å². The van der Waals surface area contributed by atoms with E-state index >= 15 is 0 Å². The molecule has 4 rings (SSSR count). The van der Waals surface area contributed by atoms with Crippen molar-refractivity contribution < 1.29 is 18.0 Å². The Labute approximate surface area is 171 Å². The molecule has 2 aliphatic rings. The summed E-state index contributed by atoms with van der Waals surface area (Å²) in [6.45, 7) is 1.22. The topological polar surface area (TPSA) is 58.1 Å². The quantitative estimate of drug-likeness (QED) is 0.759. The van der Waals surface area contributed by atoms with Gasteiger partial charge in [0.1, 0.15) is 12.1 Å². The van der Waals surface area contributed by atoms with E-state index in [1.54, 1.807) is 6.33 Å². The highest BCUT2D eigenvalue weighted by atomic mass is 35.5. The third-order valence-electron chi connectivity index (χ3n) is 5.34. The molecule has 0 radical (unpaired) electrons. The Morgan fingerprint density at radius 1 is 1.17 bits per heavy atom. The van der Waals surface area contributed by atoms with E-state index in [1.165, 1.54) is 0 Å². The van der Waals surface area contributed by atoms with Gasteiger partial charge in [0.05, 0.1) is 22.2 Å². The predicted molar refractivity (Wildman–Crippen MR) is 104 cm³/mol. The van der Waals surface area contributed by atoms with E-state index in [0.29, 0.717) is 18.9 Å². The number of carbonyl (C=O) groups excluding carboxylic acids is 1. The van der Waals surface area contributed by atoms with Crippen LogP contribution in [0.2, 0.25) is 5.02 Å². The number of amides is 1.